The van der Waals surface area contributed by atoms with E-state index >= 15 is 0 Å². The van der Waals surface area contributed by atoms with Crippen LogP contribution in [0.15, 0.2) is 22.9 Å². The van der Waals surface area contributed by atoms with Gasteiger partial charge in [0.05, 0.1) is 6.04 Å². The summed E-state index contributed by atoms with van der Waals surface area (Å²) in [6.07, 6.45) is 6.89. The van der Waals surface area contributed by atoms with Crippen molar-refractivity contribution in [3.05, 3.63) is 24.2 Å². The van der Waals surface area contributed by atoms with Crippen LogP contribution >= 0.6 is 0 Å². The molecule has 0 radical (unpaired) electrons. The van der Waals surface area contributed by atoms with Crippen molar-refractivity contribution in [3.63, 3.8) is 0 Å². The van der Waals surface area contributed by atoms with Gasteiger partial charge in [-0.05, 0) is 50.3 Å². The Bertz CT molecular complexity index is 662. The van der Waals surface area contributed by atoms with Crippen LogP contribution in [-0.4, -0.2) is 47.2 Å². The van der Waals surface area contributed by atoms with Crippen molar-refractivity contribution >= 4 is 5.82 Å². The van der Waals surface area contributed by atoms with Crippen molar-refractivity contribution in [1.82, 2.24) is 20.0 Å². The Morgan fingerprint density at radius 1 is 1.26 bits per heavy atom. The molecular weight excluding hydrogens is 290 g/mol. The molecule has 4 rings (SSSR count). The van der Waals surface area contributed by atoms with E-state index < -0.39 is 0 Å². The van der Waals surface area contributed by atoms with E-state index in [2.05, 4.69) is 20.0 Å². The molecule has 2 aliphatic rings. The normalized spacial score (nSPS) is 21.7. The van der Waals surface area contributed by atoms with Crippen molar-refractivity contribution in [2.45, 2.75) is 31.7 Å². The maximum absolute atomic E-state index is 5.57. The molecule has 2 aromatic rings. The quantitative estimate of drug-likeness (QED) is 0.846. The molecule has 0 amide bonds. The molecule has 3 heterocycles. The molecular formula is C17H23N5O. The maximum Gasteiger partial charge on any atom is 0.244 e. The smallest absolute Gasteiger partial charge is 0.244 e. The Balaban J connectivity index is 1.51. The molecule has 1 aliphatic heterocycles. The van der Waals surface area contributed by atoms with E-state index in [-0.39, 0.29) is 0 Å². The lowest BCUT2D eigenvalue weighted by atomic mass is 10.2. The highest BCUT2D eigenvalue weighted by molar-refractivity contribution is 5.55. The van der Waals surface area contributed by atoms with E-state index in [1.165, 1.54) is 25.8 Å². The van der Waals surface area contributed by atoms with Crippen molar-refractivity contribution in [3.8, 4) is 11.4 Å². The van der Waals surface area contributed by atoms with E-state index in [4.69, 9.17) is 4.52 Å². The molecule has 0 bridgehead atoms. The fourth-order valence-electron chi connectivity index (χ4n) is 3.23. The molecule has 2 aromatic heterocycles. The molecule has 122 valence electrons. The highest BCUT2D eigenvalue weighted by Crippen LogP contribution is 2.37. The Morgan fingerprint density at radius 3 is 2.83 bits per heavy atom. The van der Waals surface area contributed by atoms with E-state index in [0.717, 1.165) is 36.2 Å². The summed E-state index contributed by atoms with van der Waals surface area (Å²) in [5, 5.41) is 4.17. The first-order valence-electron chi connectivity index (χ1n) is 8.42. The maximum atomic E-state index is 5.57. The van der Waals surface area contributed by atoms with E-state index in [9.17, 15) is 0 Å². The predicted molar refractivity (Wildman–Crippen MR) is 88.1 cm³/mol. The summed E-state index contributed by atoms with van der Waals surface area (Å²) in [5.41, 5.74) is 0.900. The molecule has 1 atom stereocenters. The van der Waals surface area contributed by atoms with Crippen LogP contribution in [0.5, 0.6) is 0 Å². The third kappa shape index (κ3) is 3.08. The summed E-state index contributed by atoms with van der Waals surface area (Å²) in [7, 11) is 3.95. The summed E-state index contributed by atoms with van der Waals surface area (Å²) in [5.74, 6) is 3.20. The van der Waals surface area contributed by atoms with Gasteiger partial charge in [-0.15, -0.1) is 0 Å². The largest absolute Gasteiger partial charge is 0.363 e. The number of aromatic nitrogens is 3. The third-order valence-corrected chi connectivity index (χ3v) is 4.74. The van der Waals surface area contributed by atoms with Crippen LogP contribution in [0, 0.1) is 5.92 Å². The molecule has 1 saturated heterocycles. The summed E-state index contributed by atoms with van der Waals surface area (Å²) in [4.78, 5) is 13.5. The van der Waals surface area contributed by atoms with Gasteiger partial charge in [-0.1, -0.05) is 5.16 Å². The molecule has 0 aromatic carbocycles. The number of anilines is 1. The lowest BCUT2D eigenvalue weighted by Crippen LogP contribution is -2.25. The SMILES string of the molecule is CN(C)c1ccc(-c2noc([C@@H]3CCCN3CC3CC3)n2)cn1. The third-order valence-electron chi connectivity index (χ3n) is 4.74. The minimum absolute atomic E-state index is 0.297. The molecule has 0 unspecified atom stereocenters. The molecule has 0 N–H and O–H groups in total. The molecule has 6 heteroatoms. The second-order valence-electron chi connectivity index (χ2n) is 6.85. The van der Waals surface area contributed by atoms with Gasteiger partial charge in [-0.25, -0.2) is 4.98 Å². The Hall–Kier alpha value is -1.95. The second-order valence-corrected chi connectivity index (χ2v) is 6.85. The number of hydrogen-bond donors (Lipinski definition) is 0. The van der Waals surface area contributed by atoms with Gasteiger partial charge in [0.2, 0.25) is 11.7 Å². The fourth-order valence-corrected chi connectivity index (χ4v) is 3.23. The zero-order chi connectivity index (χ0) is 15.8. The van der Waals surface area contributed by atoms with Gasteiger partial charge in [0, 0.05) is 32.4 Å². The van der Waals surface area contributed by atoms with Gasteiger partial charge in [0.15, 0.2) is 0 Å². The van der Waals surface area contributed by atoms with Gasteiger partial charge in [-0.2, -0.15) is 4.98 Å². The van der Waals surface area contributed by atoms with Gasteiger partial charge in [-0.3, -0.25) is 4.90 Å². The average molecular weight is 313 g/mol. The molecule has 2 fully saturated rings. The first-order chi connectivity index (χ1) is 11.2. The lowest BCUT2D eigenvalue weighted by molar-refractivity contribution is 0.201. The van der Waals surface area contributed by atoms with Crippen LogP contribution < -0.4 is 4.90 Å². The summed E-state index contributed by atoms with van der Waals surface area (Å²) in [6, 6.07) is 4.26. The van der Waals surface area contributed by atoms with Crippen LogP contribution in [0.2, 0.25) is 0 Å². The van der Waals surface area contributed by atoms with Gasteiger partial charge < -0.3 is 9.42 Å². The Kier molecular flexibility index (Phi) is 3.77. The minimum Gasteiger partial charge on any atom is -0.363 e. The zero-order valence-corrected chi connectivity index (χ0v) is 13.8. The molecule has 1 saturated carbocycles. The zero-order valence-electron chi connectivity index (χ0n) is 13.8. The van der Waals surface area contributed by atoms with Crippen LogP contribution in [0.4, 0.5) is 5.82 Å². The summed E-state index contributed by atoms with van der Waals surface area (Å²) in [6.45, 7) is 2.33. The fraction of sp³-hybridized carbons (Fsp3) is 0.588. The van der Waals surface area contributed by atoms with Gasteiger partial charge >= 0.3 is 0 Å². The first-order valence-corrected chi connectivity index (χ1v) is 8.42. The number of nitrogens with zero attached hydrogens (tertiary/aromatic N) is 5. The summed E-state index contributed by atoms with van der Waals surface area (Å²) < 4.78 is 5.57. The van der Waals surface area contributed by atoms with Crippen LogP contribution in [0.25, 0.3) is 11.4 Å². The van der Waals surface area contributed by atoms with E-state index in [1.807, 2.05) is 31.1 Å². The van der Waals surface area contributed by atoms with Crippen molar-refractivity contribution in [2.24, 2.45) is 5.92 Å². The van der Waals surface area contributed by atoms with Crippen molar-refractivity contribution in [1.29, 1.82) is 0 Å². The Labute approximate surface area is 136 Å². The minimum atomic E-state index is 0.297. The second kappa shape index (κ2) is 5.92. The van der Waals surface area contributed by atoms with E-state index in [0.29, 0.717) is 11.9 Å². The van der Waals surface area contributed by atoms with Crippen molar-refractivity contribution in [2.75, 3.05) is 32.1 Å². The number of pyridine rings is 1. The highest BCUT2D eigenvalue weighted by atomic mass is 16.5. The van der Waals surface area contributed by atoms with Gasteiger partial charge in [0.1, 0.15) is 5.82 Å². The van der Waals surface area contributed by atoms with Crippen LogP contribution in [-0.2, 0) is 0 Å². The topological polar surface area (TPSA) is 58.3 Å². The van der Waals surface area contributed by atoms with Crippen molar-refractivity contribution < 1.29 is 4.52 Å². The van der Waals surface area contributed by atoms with Crippen LogP contribution in [0.1, 0.15) is 37.6 Å². The number of likely N-dealkylation sites (tertiary alicyclic amines) is 1. The standard InChI is InChI=1S/C17H23N5O/c1-21(2)15-8-7-13(10-18-15)16-19-17(23-20-16)14-4-3-9-22(14)11-12-5-6-12/h7-8,10,12,14H,3-6,9,11H2,1-2H3/t14-/m0/s1. The molecule has 6 nitrogen and oxygen atoms in total. The molecule has 1 aliphatic carbocycles. The van der Waals surface area contributed by atoms with Crippen LogP contribution in [0.3, 0.4) is 0 Å². The number of rotatable bonds is 5. The molecule has 23 heavy (non-hydrogen) atoms. The Morgan fingerprint density at radius 2 is 2.13 bits per heavy atom. The average Bonchev–Trinajstić information content (AvgIpc) is 3.05. The predicted octanol–water partition coefficient (Wildman–Crippen LogP) is 2.74. The molecule has 0 spiro atoms. The number of hydrogen-bond acceptors (Lipinski definition) is 6. The monoisotopic (exact) mass is 313 g/mol. The van der Waals surface area contributed by atoms with Gasteiger partial charge in [0.25, 0.3) is 0 Å². The lowest BCUT2D eigenvalue weighted by Gasteiger charge is -2.20. The highest BCUT2D eigenvalue weighted by Gasteiger charge is 2.34. The first kappa shape index (κ1) is 14.6. The summed E-state index contributed by atoms with van der Waals surface area (Å²) >= 11 is 0. The van der Waals surface area contributed by atoms with E-state index in [1.54, 1.807) is 6.20 Å².